The first-order valence-electron chi connectivity index (χ1n) is 6.50. The molecule has 0 saturated carbocycles. The molecular formula is C13H28N2O2. The van der Waals surface area contributed by atoms with Gasteiger partial charge in [0.1, 0.15) is 5.54 Å². The quantitative estimate of drug-likeness (QED) is 0.661. The summed E-state index contributed by atoms with van der Waals surface area (Å²) < 4.78 is 4.73. The fourth-order valence-corrected chi connectivity index (χ4v) is 2.11. The molecular weight excluding hydrogens is 216 g/mol. The van der Waals surface area contributed by atoms with Gasteiger partial charge >= 0.3 is 5.97 Å². The van der Waals surface area contributed by atoms with Crippen molar-refractivity contribution in [1.82, 2.24) is 4.90 Å². The van der Waals surface area contributed by atoms with E-state index in [-0.39, 0.29) is 5.97 Å². The summed E-state index contributed by atoms with van der Waals surface area (Å²) in [6.07, 6.45) is 2.98. The average Bonchev–Trinajstić information content (AvgIpc) is 2.28. The lowest BCUT2D eigenvalue weighted by Gasteiger charge is -2.32. The smallest absolute Gasteiger partial charge is 0.325 e. The molecule has 0 bridgehead atoms. The minimum absolute atomic E-state index is 0.292. The highest BCUT2D eigenvalue weighted by atomic mass is 16.5. The summed E-state index contributed by atoms with van der Waals surface area (Å²) in [4.78, 5) is 13.9. The molecule has 0 aromatic rings. The highest BCUT2D eigenvalue weighted by molar-refractivity contribution is 5.79. The predicted octanol–water partition coefficient (Wildman–Crippen LogP) is 1.78. The van der Waals surface area contributed by atoms with Gasteiger partial charge in [0.05, 0.1) is 7.11 Å². The van der Waals surface area contributed by atoms with E-state index in [1.807, 2.05) is 0 Å². The molecule has 0 amide bonds. The first-order chi connectivity index (χ1) is 7.88. The zero-order valence-corrected chi connectivity index (χ0v) is 12.0. The van der Waals surface area contributed by atoms with Crippen molar-refractivity contribution in [3.63, 3.8) is 0 Å². The molecule has 17 heavy (non-hydrogen) atoms. The third-order valence-corrected chi connectivity index (χ3v) is 3.20. The highest BCUT2D eigenvalue weighted by Crippen LogP contribution is 2.15. The average molecular weight is 244 g/mol. The molecule has 4 nitrogen and oxygen atoms in total. The standard InChI is InChI=1S/C13H28N2O2/c1-6-8-9-15(7-2)11(3)10-13(4,14)12(16)17-5/h11H,6-10,14H2,1-5H3. The Hall–Kier alpha value is -0.610. The van der Waals surface area contributed by atoms with Crippen molar-refractivity contribution in [1.29, 1.82) is 0 Å². The number of nitrogens with zero attached hydrogens (tertiary/aromatic N) is 1. The number of rotatable bonds is 8. The number of carbonyl (C=O) groups is 1. The fourth-order valence-electron chi connectivity index (χ4n) is 2.11. The maximum atomic E-state index is 11.5. The summed E-state index contributed by atoms with van der Waals surface area (Å²) >= 11 is 0. The SMILES string of the molecule is CCCCN(CC)C(C)CC(C)(N)C(=O)OC. The van der Waals surface area contributed by atoms with Gasteiger partial charge in [-0.15, -0.1) is 0 Å². The van der Waals surface area contributed by atoms with Crippen LogP contribution in [0.25, 0.3) is 0 Å². The summed E-state index contributed by atoms with van der Waals surface area (Å²) in [5, 5.41) is 0. The first-order valence-corrected chi connectivity index (χ1v) is 6.50. The normalized spacial score (nSPS) is 16.6. The van der Waals surface area contributed by atoms with Crippen LogP contribution >= 0.6 is 0 Å². The Morgan fingerprint density at radius 3 is 2.47 bits per heavy atom. The lowest BCUT2D eigenvalue weighted by Crippen LogP contribution is -2.51. The van der Waals surface area contributed by atoms with Gasteiger partial charge in [0.25, 0.3) is 0 Å². The number of methoxy groups -OCH3 is 1. The van der Waals surface area contributed by atoms with Crippen LogP contribution in [0.15, 0.2) is 0 Å². The van der Waals surface area contributed by atoms with Gasteiger partial charge in [-0.1, -0.05) is 20.3 Å². The number of nitrogens with two attached hydrogens (primary N) is 1. The van der Waals surface area contributed by atoms with Crippen LogP contribution in [0.5, 0.6) is 0 Å². The minimum Gasteiger partial charge on any atom is -0.468 e. The summed E-state index contributed by atoms with van der Waals surface area (Å²) in [7, 11) is 1.38. The van der Waals surface area contributed by atoms with Crippen molar-refractivity contribution in [2.24, 2.45) is 5.73 Å². The van der Waals surface area contributed by atoms with Crippen molar-refractivity contribution in [2.45, 2.75) is 58.5 Å². The molecule has 0 saturated heterocycles. The van der Waals surface area contributed by atoms with Crippen LogP contribution in [0, 0.1) is 0 Å². The molecule has 2 unspecified atom stereocenters. The van der Waals surface area contributed by atoms with Crippen LogP contribution in [-0.4, -0.2) is 42.6 Å². The molecule has 102 valence electrons. The van der Waals surface area contributed by atoms with Crippen molar-refractivity contribution in [3.05, 3.63) is 0 Å². The number of hydrogen-bond acceptors (Lipinski definition) is 4. The number of carbonyl (C=O) groups excluding carboxylic acids is 1. The molecule has 0 aliphatic heterocycles. The molecule has 0 heterocycles. The molecule has 0 spiro atoms. The Morgan fingerprint density at radius 2 is 2.06 bits per heavy atom. The highest BCUT2D eigenvalue weighted by Gasteiger charge is 2.32. The van der Waals surface area contributed by atoms with E-state index in [4.69, 9.17) is 10.5 Å². The van der Waals surface area contributed by atoms with Gasteiger partial charge in [-0.05, 0) is 39.8 Å². The monoisotopic (exact) mass is 244 g/mol. The van der Waals surface area contributed by atoms with E-state index in [0.717, 1.165) is 13.1 Å². The second kappa shape index (κ2) is 7.67. The molecule has 0 aromatic carbocycles. The van der Waals surface area contributed by atoms with E-state index in [2.05, 4.69) is 25.7 Å². The van der Waals surface area contributed by atoms with Gasteiger partial charge in [0.15, 0.2) is 0 Å². The van der Waals surface area contributed by atoms with Crippen LogP contribution in [0.1, 0.15) is 47.0 Å². The van der Waals surface area contributed by atoms with Crippen LogP contribution in [0.4, 0.5) is 0 Å². The zero-order chi connectivity index (χ0) is 13.5. The Morgan fingerprint density at radius 1 is 1.47 bits per heavy atom. The molecule has 2 N–H and O–H groups in total. The van der Waals surface area contributed by atoms with E-state index in [9.17, 15) is 4.79 Å². The van der Waals surface area contributed by atoms with Crippen molar-refractivity contribution >= 4 is 5.97 Å². The lowest BCUT2D eigenvalue weighted by atomic mass is 9.94. The number of esters is 1. The van der Waals surface area contributed by atoms with Crippen LogP contribution < -0.4 is 5.73 Å². The molecule has 0 rings (SSSR count). The van der Waals surface area contributed by atoms with Gasteiger partial charge in [-0.2, -0.15) is 0 Å². The molecule has 0 fully saturated rings. The third kappa shape index (κ3) is 5.50. The van der Waals surface area contributed by atoms with Crippen LogP contribution in [0.3, 0.4) is 0 Å². The van der Waals surface area contributed by atoms with Gasteiger partial charge in [0.2, 0.25) is 0 Å². The van der Waals surface area contributed by atoms with Crippen molar-refractivity contribution in [3.8, 4) is 0 Å². The minimum atomic E-state index is -0.895. The van der Waals surface area contributed by atoms with E-state index in [1.165, 1.54) is 20.0 Å². The molecule has 2 atom stereocenters. The Bertz CT molecular complexity index is 229. The maximum absolute atomic E-state index is 11.5. The van der Waals surface area contributed by atoms with E-state index in [0.29, 0.717) is 12.5 Å². The first kappa shape index (κ1) is 16.4. The molecule has 0 aliphatic carbocycles. The molecule has 0 radical (unpaired) electrons. The summed E-state index contributed by atoms with van der Waals surface area (Å²) in [6.45, 7) is 10.2. The summed E-state index contributed by atoms with van der Waals surface area (Å²) in [5.74, 6) is -0.337. The third-order valence-electron chi connectivity index (χ3n) is 3.20. The molecule has 0 aromatic heterocycles. The van der Waals surface area contributed by atoms with Gasteiger partial charge < -0.3 is 15.4 Å². The Balaban J connectivity index is 4.38. The fraction of sp³-hybridized carbons (Fsp3) is 0.923. The molecule has 0 aliphatic rings. The second-order valence-electron chi connectivity index (χ2n) is 4.94. The van der Waals surface area contributed by atoms with Crippen LogP contribution in [-0.2, 0) is 9.53 Å². The summed E-state index contributed by atoms with van der Waals surface area (Å²) in [6, 6.07) is 0.292. The van der Waals surface area contributed by atoms with E-state index >= 15 is 0 Å². The Labute approximate surface area is 105 Å². The Kier molecular flexibility index (Phi) is 7.39. The van der Waals surface area contributed by atoms with Gasteiger partial charge in [0, 0.05) is 6.04 Å². The van der Waals surface area contributed by atoms with E-state index < -0.39 is 5.54 Å². The zero-order valence-electron chi connectivity index (χ0n) is 12.0. The van der Waals surface area contributed by atoms with Gasteiger partial charge in [-0.25, -0.2) is 0 Å². The topological polar surface area (TPSA) is 55.6 Å². The predicted molar refractivity (Wildman–Crippen MR) is 70.8 cm³/mol. The van der Waals surface area contributed by atoms with Gasteiger partial charge in [-0.3, -0.25) is 4.79 Å². The van der Waals surface area contributed by atoms with Crippen molar-refractivity contribution in [2.75, 3.05) is 20.2 Å². The van der Waals surface area contributed by atoms with Crippen molar-refractivity contribution < 1.29 is 9.53 Å². The lowest BCUT2D eigenvalue weighted by molar-refractivity contribution is -0.147. The van der Waals surface area contributed by atoms with Crippen LogP contribution in [0.2, 0.25) is 0 Å². The maximum Gasteiger partial charge on any atom is 0.325 e. The summed E-state index contributed by atoms with van der Waals surface area (Å²) in [5.41, 5.74) is 5.10. The second-order valence-corrected chi connectivity index (χ2v) is 4.94. The number of ether oxygens (including phenoxy) is 1. The number of hydrogen-bond donors (Lipinski definition) is 1. The largest absolute Gasteiger partial charge is 0.468 e. The number of unbranched alkanes of at least 4 members (excludes halogenated alkanes) is 1. The van der Waals surface area contributed by atoms with E-state index in [1.54, 1.807) is 6.92 Å². The molecule has 4 heteroatoms.